The summed E-state index contributed by atoms with van der Waals surface area (Å²) < 4.78 is 12.9. The molecule has 0 saturated heterocycles. The zero-order valence-electron chi connectivity index (χ0n) is 17.6. The Balaban J connectivity index is 1.59. The molecule has 0 unspecified atom stereocenters. The number of carboxylic acid groups (broad SMARTS) is 1. The van der Waals surface area contributed by atoms with Crippen molar-refractivity contribution in [3.8, 4) is 28.6 Å². The van der Waals surface area contributed by atoms with Crippen LogP contribution in [0, 0.1) is 6.57 Å². The summed E-state index contributed by atoms with van der Waals surface area (Å²) in [6.45, 7) is 11.7. The van der Waals surface area contributed by atoms with Crippen molar-refractivity contribution in [2.24, 2.45) is 0 Å². The van der Waals surface area contributed by atoms with E-state index in [4.69, 9.17) is 20.9 Å². The summed E-state index contributed by atoms with van der Waals surface area (Å²) in [7, 11) is 0. The number of fused-ring (bicyclic) bond motifs is 1. The molecule has 4 aromatic rings. The van der Waals surface area contributed by atoms with E-state index in [1.54, 1.807) is 29.1 Å². The summed E-state index contributed by atoms with van der Waals surface area (Å²) in [4.78, 5) is 18.9. The van der Waals surface area contributed by atoms with Gasteiger partial charge in [-0.1, -0.05) is 12.1 Å². The van der Waals surface area contributed by atoms with E-state index in [0.29, 0.717) is 35.3 Å². The van der Waals surface area contributed by atoms with Crippen molar-refractivity contribution < 1.29 is 19.2 Å². The highest BCUT2D eigenvalue weighted by Gasteiger charge is 2.15. The topological polar surface area (TPSA) is 108 Å². The van der Waals surface area contributed by atoms with Crippen LogP contribution in [-0.4, -0.2) is 37.1 Å². The minimum absolute atomic E-state index is 0.000510. The zero-order valence-corrected chi connectivity index (χ0v) is 17.6. The molecule has 1 N–H and O–H groups in total. The molecule has 0 aliphatic rings. The van der Waals surface area contributed by atoms with Crippen LogP contribution >= 0.6 is 0 Å². The lowest BCUT2D eigenvalue weighted by Gasteiger charge is -2.14. The molecule has 0 saturated carbocycles. The molecule has 0 aliphatic carbocycles. The molecule has 2 aromatic heterocycles. The number of aryl methyl sites for hydroxylation is 1. The fraction of sp³-hybridized carbons (Fsp3) is 0.261. The quantitative estimate of drug-likeness (QED) is 0.393. The van der Waals surface area contributed by atoms with Crippen LogP contribution in [0.25, 0.3) is 38.6 Å². The van der Waals surface area contributed by atoms with E-state index in [2.05, 4.69) is 20.1 Å². The highest BCUT2D eigenvalue weighted by atomic mass is 16.5. The Kier molecular flexibility index (Phi) is 5.85. The number of rotatable bonds is 8. The molecule has 1 atom stereocenters. The molecular weight excluding hydrogens is 410 g/mol. The third kappa shape index (κ3) is 4.30. The largest absolute Gasteiger partial charge is 0.502 e. The van der Waals surface area contributed by atoms with Crippen LogP contribution in [0.2, 0.25) is 0 Å². The maximum Gasteiger partial charge on any atom is 0.305 e. The fourth-order valence-electron chi connectivity index (χ4n) is 3.20. The molecule has 9 nitrogen and oxygen atoms in total. The third-order valence-electron chi connectivity index (χ3n) is 5.09. The number of aromatic nitrogens is 4. The summed E-state index contributed by atoms with van der Waals surface area (Å²) in [5, 5.41) is 18.1. The van der Waals surface area contributed by atoms with Gasteiger partial charge in [0.1, 0.15) is 5.75 Å². The standard InChI is InChI=1S/C23H21N5O4/c1-4-14(2)31-20-8-6-16(12-18(20)24-3)23-26-22(27-32-23)15-5-7-19-17(11-15)13-25-28(19)10-9-21(29)30/h5-8,11-14H,4,9-10H2,1-2H3,(H,29,30)/t14-/m0/s1. The Hall–Kier alpha value is -4.19. The van der Waals surface area contributed by atoms with Gasteiger partial charge in [-0.05, 0) is 49.7 Å². The van der Waals surface area contributed by atoms with Gasteiger partial charge in [0.2, 0.25) is 11.5 Å². The van der Waals surface area contributed by atoms with E-state index in [0.717, 1.165) is 22.9 Å². The monoisotopic (exact) mass is 431 g/mol. The third-order valence-corrected chi connectivity index (χ3v) is 5.09. The van der Waals surface area contributed by atoms with Crippen molar-refractivity contribution in [2.75, 3.05) is 0 Å². The molecular formula is C23H21N5O4. The molecule has 0 bridgehead atoms. The second-order valence-electron chi connectivity index (χ2n) is 7.34. The normalized spacial score (nSPS) is 11.9. The predicted octanol–water partition coefficient (Wildman–Crippen LogP) is 4.96. The van der Waals surface area contributed by atoms with E-state index in [1.807, 2.05) is 32.0 Å². The zero-order chi connectivity index (χ0) is 22.7. The van der Waals surface area contributed by atoms with E-state index >= 15 is 0 Å². The maximum atomic E-state index is 10.8. The number of carbonyl (C=O) groups is 1. The number of hydrogen-bond donors (Lipinski definition) is 1. The molecule has 2 aromatic carbocycles. The summed E-state index contributed by atoms with van der Waals surface area (Å²) in [6.07, 6.45) is 2.54. The smallest absolute Gasteiger partial charge is 0.305 e. The Labute approximate surface area is 184 Å². The van der Waals surface area contributed by atoms with Gasteiger partial charge >= 0.3 is 5.97 Å². The highest BCUT2D eigenvalue weighted by molar-refractivity contribution is 5.83. The lowest BCUT2D eigenvalue weighted by Crippen LogP contribution is -2.09. The Morgan fingerprint density at radius 2 is 2.09 bits per heavy atom. The molecule has 0 radical (unpaired) electrons. The van der Waals surface area contributed by atoms with Gasteiger partial charge in [-0.15, -0.1) is 0 Å². The second-order valence-corrected chi connectivity index (χ2v) is 7.34. The number of aliphatic carboxylic acids is 1. The van der Waals surface area contributed by atoms with Crippen molar-refractivity contribution in [1.82, 2.24) is 19.9 Å². The van der Waals surface area contributed by atoms with Crippen molar-refractivity contribution in [1.29, 1.82) is 0 Å². The van der Waals surface area contributed by atoms with Crippen LogP contribution in [0.1, 0.15) is 26.7 Å². The molecule has 9 heteroatoms. The molecule has 0 fully saturated rings. The number of benzene rings is 2. The highest BCUT2D eigenvalue weighted by Crippen LogP contribution is 2.34. The van der Waals surface area contributed by atoms with Gasteiger partial charge in [0.05, 0.1) is 37.4 Å². The first kappa shape index (κ1) is 21.1. The van der Waals surface area contributed by atoms with Gasteiger partial charge in [0.15, 0.2) is 0 Å². The summed E-state index contributed by atoms with van der Waals surface area (Å²) >= 11 is 0. The van der Waals surface area contributed by atoms with E-state index in [1.165, 1.54) is 0 Å². The average Bonchev–Trinajstić information content (AvgIpc) is 3.45. The first-order valence-electron chi connectivity index (χ1n) is 10.2. The van der Waals surface area contributed by atoms with E-state index < -0.39 is 5.97 Å². The van der Waals surface area contributed by atoms with E-state index in [9.17, 15) is 4.79 Å². The first-order chi connectivity index (χ1) is 15.5. The Bertz CT molecular complexity index is 1320. The second kappa shape index (κ2) is 8.89. The van der Waals surface area contributed by atoms with Gasteiger partial charge < -0.3 is 14.4 Å². The van der Waals surface area contributed by atoms with Crippen molar-refractivity contribution in [3.63, 3.8) is 0 Å². The van der Waals surface area contributed by atoms with Crippen LogP contribution in [0.5, 0.6) is 5.75 Å². The van der Waals surface area contributed by atoms with Crippen LogP contribution in [0.4, 0.5) is 5.69 Å². The lowest BCUT2D eigenvalue weighted by atomic mass is 10.1. The molecule has 0 spiro atoms. The van der Waals surface area contributed by atoms with E-state index in [-0.39, 0.29) is 12.5 Å². The van der Waals surface area contributed by atoms with Gasteiger partial charge in [-0.25, -0.2) is 4.85 Å². The Morgan fingerprint density at radius 3 is 2.84 bits per heavy atom. The summed E-state index contributed by atoms with van der Waals surface area (Å²) in [6, 6.07) is 10.8. The number of nitrogens with zero attached hydrogens (tertiary/aromatic N) is 5. The van der Waals surface area contributed by atoms with Crippen molar-refractivity contribution in [3.05, 3.63) is 54.0 Å². The van der Waals surface area contributed by atoms with Gasteiger partial charge in [0.25, 0.3) is 5.89 Å². The van der Waals surface area contributed by atoms with Crippen LogP contribution in [-0.2, 0) is 11.3 Å². The molecule has 4 rings (SSSR count). The molecule has 0 aliphatic heterocycles. The number of hydrogen-bond acceptors (Lipinski definition) is 6. The van der Waals surface area contributed by atoms with Crippen molar-refractivity contribution >= 4 is 22.6 Å². The van der Waals surface area contributed by atoms with Crippen molar-refractivity contribution in [2.45, 2.75) is 39.3 Å². The maximum absolute atomic E-state index is 10.8. The predicted molar refractivity (Wildman–Crippen MR) is 117 cm³/mol. The summed E-state index contributed by atoms with van der Waals surface area (Å²) in [5.41, 5.74) is 2.59. The first-order valence-corrected chi connectivity index (χ1v) is 10.2. The molecule has 162 valence electrons. The SMILES string of the molecule is [C-]#[N+]c1cc(-c2nc(-c3ccc4c(cnn4CCC(=O)O)c3)no2)ccc1O[C@@H](C)CC. The Morgan fingerprint density at radius 1 is 1.28 bits per heavy atom. The van der Waals surface area contributed by atoms with Crippen LogP contribution in [0.3, 0.4) is 0 Å². The van der Waals surface area contributed by atoms with Crippen LogP contribution in [0.15, 0.2) is 47.1 Å². The fourth-order valence-corrected chi connectivity index (χ4v) is 3.20. The summed E-state index contributed by atoms with van der Waals surface area (Å²) in [5.74, 6) is 0.371. The molecule has 32 heavy (non-hydrogen) atoms. The average molecular weight is 431 g/mol. The van der Waals surface area contributed by atoms with Gasteiger partial charge in [-0.2, -0.15) is 10.1 Å². The van der Waals surface area contributed by atoms with Gasteiger partial charge in [0, 0.05) is 16.5 Å². The molecule has 2 heterocycles. The molecule has 0 amide bonds. The number of carboxylic acids is 1. The van der Waals surface area contributed by atoms with Gasteiger partial charge in [-0.3, -0.25) is 9.48 Å². The minimum atomic E-state index is -0.870. The van der Waals surface area contributed by atoms with Crippen LogP contribution < -0.4 is 4.74 Å². The minimum Gasteiger partial charge on any atom is -0.502 e. The lowest BCUT2D eigenvalue weighted by molar-refractivity contribution is -0.137. The number of ether oxygens (including phenoxy) is 1.